The summed E-state index contributed by atoms with van der Waals surface area (Å²) in [6, 6.07) is 0. The lowest BCUT2D eigenvalue weighted by Gasteiger charge is -2.23. The van der Waals surface area contributed by atoms with Crippen LogP contribution in [-0.4, -0.2) is 6.67 Å². The predicted molar refractivity (Wildman–Crippen MR) is 53.0 cm³/mol. The molecule has 0 heterocycles. The zero-order chi connectivity index (χ0) is 9.56. The second-order valence-electron chi connectivity index (χ2n) is 4.27. The minimum absolute atomic E-state index is 0.150. The molecule has 0 fully saturated rings. The van der Waals surface area contributed by atoms with Crippen molar-refractivity contribution < 1.29 is 4.39 Å². The van der Waals surface area contributed by atoms with Gasteiger partial charge in [-0.1, -0.05) is 40.5 Å². The highest BCUT2D eigenvalue weighted by molar-refractivity contribution is 4.65. The molecule has 2 atom stereocenters. The first-order valence-electron chi connectivity index (χ1n) is 5.15. The van der Waals surface area contributed by atoms with Gasteiger partial charge in [-0.25, -0.2) is 0 Å². The Morgan fingerprint density at radius 3 is 2.00 bits per heavy atom. The van der Waals surface area contributed by atoms with Crippen LogP contribution in [0.25, 0.3) is 0 Å². The molecular weight excluding hydrogens is 151 g/mol. The Hall–Kier alpha value is -0.0700. The second kappa shape index (κ2) is 6.45. The summed E-state index contributed by atoms with van der Waals surface area (Å²) in [5.41, 5.74) is 0. The number of alkyl halides is 1. The topological polar surface area (TPSA) is 0 Å². The number of hydrogen-bond acceptors (Lipinski definition) is 0. The van der Waals surface area contributed by atoms with Crippen LogP contribution in [-0.2, 0) is 0 Å². The normalized spacial score (nSPS) is 16.5. The number of halogens is 1. The molecule has 1 heteroatoms. The lowest BCUT2D eigenvalue weighted by molar-refractivity contribution is 0.272. The fourth-order valence-corrected chi connectivity index (χ4v) is 1.48. The monoisotopic (exact) mass is 174 g/mol. The molecule has 0 amide bonds. The largest absolute Gasteiger partial charge is 0.251 e. The van der Waals surface area contributed by atoms with E-state index < -0.39 is 0 Å². The van der Waals surface area contributed by atoms with Gasteiger partial charge < -0.3 is 0 Å². The molecule has 0 aromatic rings. The smallest absolute Gasteiger partial charge is 0.0894 e. The molecule has 0 aromatic carbocycles. The third kappa shape index (κ3) is 4.74. The SMILES string of the molecule is CC(C)C(C)C(C)CCCCF. The van der Waals surface area contributed by atoms with Gasteiger partial charge in [-0.2, -0.15) is 0 Å². The minimum Gasteiger partial charge on any atom is -0.251 e. The van der Waals surface area contributed by atoms with E-state index >= 15 is 0 Å². The Morgan fingerprint density at radius 2 is 1.58 bits per heavy atom. The fraction of sp³-hybridized carbons (Fsp3) is 1.00. The summed E-state index contributed by atoms with van der Waals surface area (Å²) < 4.78 is 11.8. The van der Waals surface area contributed by atoms with Gasteiger partial charge in [0.25, 0.3) is 0 Å². The van der Waals surface area contributed by atoms with Crippen molar-refractivity contribution in [1.82, 2.24) is 0 Å². The molecule has 74 valence electrons. The average molecular weight is 174 g/mol. The summed E-state index contributed by atoms with van der Waals surface area (Å²) in [4.78, 5) is 0. The van der Waals surface area contributed by atoms with E-state index in [0.717, 1.165) is 30.6 Å². The van der Waals surface area contributed by atoms with Crippen molar-refractivity contribution in [2.45, 2.75) is 47.0 Å². The quantitative estimate of drug-likeness (QED) is 0.533. The maximum absolute atomic E-state index is 11.8. The summed E-state index contributed by atoms with van der Waals surface area (Å²) in [6.07, 6.45) is 2.98. The zero-order valence-electron chi connectivity index (χ0n) is 8.94. The van der Waals surface area contributed by atoms with E-state index in [9.17, 15) is 4.39 Å². The molecule has 0 saturated carbocycles. The van der Waals surface area contributed by atoms with Crippen LogP contribution < -0.4 is 0 Å². The third-order valence-electron chi connectivity index (χ3n) is 2.99. The first-order chi connectivity index (χ1) is 5.59. The molecule has 0 aromatic heterocycles. The lowest BCUT2D eigenvalue weighted by Crippen LogP contribution is -2.14. The van der Waals surface area contributed by atoms with Crippen molar-refractivity contribution in [2.75, 3.05) is 6.67 Å². The first-order valence-corrected chi connectivity index (χ1v) is 5.15. The van der Waals surface area contributed by atoms with Crippen LogP contribution in [0.1, 0.15) is 47.0 Å². The van der Waals surface area contributed by atoms with Crippen LogP contribution >= 0.6 is 0 Å². The molecule has 0 spiro atoms. The van der Waals surface area contributed by atoms with Crippen molar-refractivity contribution in [3.8, 4) is 0 Å². The predicted octanol–water partition coefficient (Wildman–Crippen LogP) is 4.05. The van der Waals surface area contributed by atoms with Gasteiger partial charge in [-0.3, -0.25) is 4.39 Å². The molecule has 0 radical (unpaired) electrons. The van der Waals surface area contributed by atoms with Gasteiger partial charge in [0.1, 0.15) is 0 Å². The van der Waals surface area contributed by atoms with E-state index in [4.69, 9.17) is 0 Å². The summed E-state index contributed by atoms with van der Waals surface area (Å²) >= 11 is 0. The molecule has 0 aliphatic rings. The van der Waals surface area contributed by atoms with Gasteiger partial charge >= 0.3 is 0 Å². The summed E-state index contributed by atoms with van der Waals surface area (Å²) in [6.45, 7) is 8.95. The first kappa shape index (κ1) is 11.9. The van der Waals surface area contributed by atoms with E-state index in [1.165, 1.54) is 6.42 Å². The molecule has 0 rings (SSSR count). The van der Waals surface area contributed by atoms with Crippen LogP contribution in [0.15, 0.2) is 0 Å². The van der Waals surface area contributed by atoms with Gasteiger partial charge in [0, 0.05) is 0 Å². The third-order valence-corrected chi connectivity index (χ3v) is 2.99. The average Bonchev–Trinajstić information content (AvgIpc) is 2.03. The molecule has 0 saturated heterocycles. The molecule has 2 unspecified atom stereocenters. The number of rotatable bonds is 6. The Balaban J connectivity index is 3.49. The van der Waals surface area contributed by atoms with Crippen molar-refractivity contribution in [1.29, 1.82) is 0 Å². The molecule has 12 heavy (non-hydrogen) atoms. The standard InChI is InChI=1S/C11H23F/c1-9(2)11(4)10(3)7-5-6-8-12/h9-11H,5-8H2,1-4H3. The van der Waals surface area contributed by atoms with E-state index in [-0.39, 0.29) is 6.67 Å². The summed E-state index contributed by atoms with van der Waals surface area (Å²) in [5.74, 6) is 2.27. The minimum atomic E-state index is -0.150. The van der Waals surface area contributed by atoms with Crippen LogP contribution in [0, 0.1) is 17.8 Å². The van der Waals surface area contributed by atoms with Crippen LogP contribution in [0.5, 0.6) is 0 Å². The highest BCUT2D eigenvalue weighted by atomic mass is 19.1. The van der Waals surface area contributed by atoms with Crippen LogP contribution in [0.4, 0.5) is 4.39 Å². The molecule has 0 aliphatic heterocycles. The maximum Gasteiger partial charge on any atom is 0.0894 e. The van der Waals surface area contributed by atoms with Crippen molar-refractivity contribution >= 4 is 0 Å². The molecule has 0 N–H and O–H groups in total. The van der Waals surface area contributed by atoms with Crippen molar-refractivity contribution in [3.63, 3.8) is 0 Å². The van der Waals surface area contributed by atoms with Gasteiger partial charge in [0.05, 0.1) is 6.67 Å². The summed E-state index contributed by atoms with van der Waals surface area (Å²) in [5, 5.41) is 0. The van der Waals surface area contributed by atoms with Gasteiger partial charge in [0.2, 0.25) is 0 Å². The maximum atomic E-state index is 11.8. The number of hydrogen-bond donors (Lipinski definition) is 0. The van der Waals surface area contributed by atoms with Crippen LogP contribution in [0.2, 0.25) is 0 Å². The molecule has 0 bridgehead atoms. The highest BCUT2D eigenvalue weighted by Crippen LogP contribution is 2.24. The van der Waals surface area contributed by atoms with E-state index in [1.54, 1.807) is 0 Å². The van der Waals surface area contributed by atoms with Gasteiger partial charge in [-0.15, -0.1) is 0 Å². The Bertz CT molecular complexity index is 99.2. The molecule has 0 nitrogen and oxygen atoms in total. The van der Waals surface area contributed by atoms with E-state index in [0.29, 0.717) is 0 Å². The fourth-order valence-electron chi connectivity index (χ4n) is 1.48. The highest BCUT2D eigenvalue weighted by Gasteiger charge is 2.14. The Kier molecular flexibility index (Phi) is 6.41. The second-order valence-corrected chi connectivity index (χ2v) is 4.27. The number of unbranched alkanes of at least 4 members (excludes halogenated alkanes) is 1. The lowest BCUT2D eigenvalue weighted by atomic mass is 9.83. The summed E-state index contributed by atoms with van der Waals surface area (Å²) in [7, 11) is 0. The van der Waals surface area contributed by atoms with E-state index in [1.807, 2.05) is 0 Å². The Morgan fingerprint density at radius 1 is 1.00 bits per heavy atom. The zero-order valence-corrected chi connectivity index (χ0v) is 8.94. The van der Waals surface area contributed by atoms with Crippen LogP contribution in [0.3, 0.4) is 0 Å². The van der Waals surface area contributed by atoms with E-state index in [2.05, 4.69) is 27.7 Å². The molecular formula is C11H23F. The molecule has 0 aliphatic carbocycles. The Labute approximate surface area is 76.6 Å². The van der Waals surface area contributed by atoms with Crippen molar-refractivity contribution in [2.24, 2.45) is 17.8 Å². The van der Waals surface area contributed by atoms with Gasteiger partial charge in [-0.05, 0) is 24.2 Å². The van der Waals surface area contributed by atoms with Gasteiger partial charge in [0.15, 0.2) is 0 Å². The van der Waals surface area contributed by atoms with Crippen molar-refractivity contribution in [3.05, 3.63) is 0 Å².